The summed E-state index contributed by atoms with van der Waals surface area (Å²) in [6, 6.07) is 11.8. The van der Waals surface area contributed by atoms with Crippen molar-refractivity contribution in [1.29, 1.82) is 0 Å². The molecule has 0 radical (unpaired) electrons. The summed E-state index contributed by atoms with van der Waals surface area (Å²) >= 11 is 7.13. The lowest BCUT2D eigenvalue weighted by Crippen LogP contribution is -2.43. The average Bonchev–Trinajstić information content (AvgIpc) is 3.36. The third kappa shape index (κ3) is 3.63. The van der Waals surface area contributed by atoms with Gasteiger partial charge in [-0.15, -0.1) is 0 Å². The molecule has 1 heterocycles. The predicted octanol–water partition coefficient (Wildman–Crippen LogP) is 4.29. The minimum Gasteiger partial charge on any atom is -0.368 e. The van der Waals surface area contributed by atoms with E-state index in [1.165, 1.54) is 17.2 Å². The van der Waals surface area contributed by atoms with Crippen molar-refractivity contribution in [1.82, 2.24) is 9.27 Å². The highest BCUT2D eigenvalue weighted by molar-refractivity contribution is 7.08. The first-order valence-corrected chi connectivity index (χ1v) is 10.2. The van der Waals surface area contributed by atoms with Gasteiger partial charge in [0.05, 0.1) is 6.04 Å². The van der Waals surface area contributed by atoms with Crippen molar-refractivity contribution < 1.29 is 14.0 Å². The monoisotopic (exact) mass is 429 g/mol. The van der Waals surface area contributed by atoms with Crippen molar-refractivity contribution in [3.8, 4) is 0 Å². The molecular formula is C21H17ClFN3O2S. The number of fused-ring (bicyclic) bond motifs is 1. The molecular weight excluding hydrogens is 413 g/mol. The van der Waals surface area contributed by atoms with Gasteiger partial charge in [0, 0.05) is 11.2 Å². The number of primary amides is 1. The SMILES string of the molecule is NC(=O)C(c1ccccc1)N(C(=O)c1ccns1)[C@@H]1CCc2c(F)cc(Cl)cc21. The molecule has 1 aromatic heterocycles. The average molecular weight is 430 g/mol. The Labute approximate surface area is 176 Å². The molecule has 0 aliphatic heterocycles. The van der Waals surface area contributed by atoms with E-state index in [0.29, 0.717) is 34.4 Å². The summed E-state index contributed by atoms with van der Waals surface area (Å²) < 4.78 is 18.5. The van der Waals surface area contributed by atoms with E-state index in [1.807, 2.05) is 6.07 Å². The van der Waals surface area contributed by atoms with Gasteiger partial charge in [-0.05, 0) is 59.3 Å². The van der Waals surface area contributed by atoms with Gasteiger partial charge in [-0.25, -0.2) is 8.76 Å². The van der Waals surface area contributed by atoms with Crippen LogP contribution < -0.4 is 5.73 Å². The number of nitrogens with two attached hydrogens (primary N) is 1. The Balaban J connectivity index is 1.87. The van der Waals surface area contributed by atoms with Crippen LogP contribution in [0.4, 0.5) is 4.39 Å². The third-order valence-electron chi connectivity index (χ3n) is 5.10. The number of hydrogen-bond donors (Lipinski definition) is 1. The molecule has 0 saturated carbocycles. The fourth-order valence-corrected chi connectivity index (χ4v) is 4.65. The van der Waals surface area contributed by atoms with Crippen molar-refractivity contribution in [3.63, 3.8) is 0 Å². The number of carbonyl (C=O) groups excluding carboxylic acids is 2. The lowest BCUT2D eigenvalue weighted by molar-refractivity contribution is -0.123. The van der Waals surface area contributed by atoms with Gasteiger partial charge >= 0.3 is 0 Å². The first kappa shape index (κ1) is 19.5. The summed E-state index contributed by atoms with van der Waals surface area (Å²) in [7, 11) is 0. The highest BCUT2D eigenvalue weighted by Gasteiger charge is 2.40. The summed E-state index contributed by atoms with van der Waals surface area (Å²) in [5.74, 6) is -1.45. The zero-order valence-corrected chi connectivity index (χ0v) is 16.8. The Morgan fingerprint density at radius 1 is 1.24 bits per heavy atom. The lowest BCUT2D eigenvalue weighted by atomic mass is 9.99. The number of rotatable bonds is 5. The smallest absolute Gasteiger partial charge is 0.267 e. The van der Waals surface area contributed by atoms with Crippen molar-refractivity contribution in [2.75, 3.05) is 0 Å². The molecule has 2 amide bonds. The van der Waals surface area contributed by atoms with E-state index >= 15 is 0 Å². The Bertz CT molecular complexity index is 1060. The molecule has 0 bridgehead atoms. The van der Waals surface area contributed by atoms with Crippen molar-refractivity contribution in [2.24, 2.45) is 5.73 Å². The van der Waals surface area contributed by atoms with E-state index in [4.69, 9.17) is 17.3 Å². The second-order valence-corrected chi connectivity index (χ2v) is 8.08. The minimum absolute atomic E-state index is 0.244. The van der Waals surface area contributed by atoms with Gasteiger partial charge in [0.15, 0.2) is 0 Å². The third-order valence-corrected chi connectivity index (χ3v) is 6.06. The number of aromatic nitrogens is 1. The zero-order chi connectivity index (χ0) is 20.5. The van der Waals surface area contributed by atoms with Gasteiger partial charge in [-0.1, -0.05) is 41.9 Å². The largest absolute Gasteiger partial charge is 0.368 e. The van der Waals surface area contributed by atoms with Crippen LogP contribution in [-0.4, -0.2) is 21.1 Å². The second-order valence-electron chi connectivity index (χ2n) is 6.81. The molecule has 1 unspecified atom stereocenters. The van der Waals surface area contributed by atoms with Crippen LogP contribution in [0, 0.1) is 5.82 Å². The summed E-state index contributed by atoms with van der Waals surface area (Å²) in [6.07, 6.45) is 2.43. The topological polar surface area (TPSA) is 76.3 Å². The fraction of sp³-hybridized carbons (Fsp3) is 0.190. The number of benzene rings is 2. The zero-order valence-electron chi connectivity index (χ0n) is 15.2. The molecule has 0 saturated heterocycles. The maximum Gasteiger partial charge on any atom is 0.267 e. The molecule has 2 aromatic carbocycles. The summed E-state index contributed by atoms with van der Waals surface area (Å²) in [6.45, 7) is 0. The van der Waals surface area contributed by atoms with Crippen LogP contribution in [0.3, 0.4) is 0 Å². The molecule has 2 atom stereocenters. The van der Waals surface area contributed by atoms with E-state index in [1.54, 1.807) is 36.4 Å². The van der Waals surface area contributed by atoms with Gasteiger partial charge in [0.1, 0.15) is 16.7 Å². The standard InChI is InChI=1S/C21H17ClFN3O2S/c22-13-10-15-14(16(23)11-13)6-7-17(15)26(21(28)18-8-9-25-29-18)19(20(24)27)12-4-2-1-3-5-12/h1-5,8-11,17,19H,6-7H2,(H2,24,27)/t17-,19?/m1/s1. The van der Waals surface area contributed by atoms with Gasteiger partial charge in [-0.2, -0.15) is 0 Å². The molecule has 1 aliphatic rings. The highest BCUT2D eigenvalue weighted by Crippen LogP contribution is 2.43. The molecule has 5 nitrogen and oxygen atoms in total. The molecule has 29 heavy (non-hydrogen) atoms. The fourth-order valence-electron chi connectivity index (χ4n) is 3.90. The van der Waals surface area contributed by atoms with Gasteiger partial charge in [0.2, 0.25) is 5.91 Å². The van der Waals surface area contributed by atoms with Crippen LogP contribution in [0.1, 0.15) is 44.9 Å². The van der Waals surface area contributed by atoms with Crippen LogP contribution in [0.25, 0.3) is 0 Å². The molecule has 0 fully saturated rings. The molecule has 148 valence electrons. The minimum atomic E-state index is -1.01. The molecule has 8 heteroatoms. The Morgan fingerprint density at radius 3 is 2.66 bits per heavy atom. The predicted molar refractivity (Wildman–Crippen MR) is 109 cm³/mol. The van der Waals surface area contributed by atoms with Crippen LogP contribution in [-0.2, 0) is 11.2 Å². The van der Waals surface area contributed by atoms with Crippen molar-refractivity contribution >= 4 is 34.9 Å². The first-order chi connectivity index (χ1) is 14.0. The molecule has 4 rings (SSSR count). The highest BCUT2D eigenvalue weighted by atomic mass is 35.5. The molecule has 3 aromatic rings. The summed E-state index contributed by atoms with van der Waals surface area (Å²) in [5, 5.41) is 0.244. The first-order valence-electron chi connectivity index (χ1n) is 9.03. The maximum absolute atomic E-state index is 14.5. The van der Waals surface area contributed by atoms with Crippen LogP contribution in [0.15, 0.2) is 54.7 Å². The van der Waals surface area contributed by atoms with E-state index < -0.39 is 23.8 Å². The Morgan fingerprint density at radius 2 is 2.00 bits per heavy atom. The Hall–Kier alpha value is -2.77. The molecule has 2 N–H and O–H groups in total. The maximum atomic E-state index is 14.5. The summed E-state index contributed by atoms with van der Waals surface area (Å²) in [5.41, 5.74) is 7.47. The van der Waals surface area contributed by atoms with E-state index in [2.05, 4.69) is 4.37 Å². The lowest BCUT2D eigenvalue weighted by Gasteiger charge is -2.35. The molecule has 1 aliphatic carbocycles. The number of carbonyl (C=O) groups is 2. The van der Waals surface area contributed by atoms with Crippen molar-refractivity contribution in [3.05, 3.63) is 87.1 Å². The quantitative estimate of drug-likeness (QED) is 0.657. The van der Waals surface area contributed by atoms with Crippen LogP contribution >= 0.6 is 23.1 Å². The van der Waals surface area contributed by atoms with Crippen LogP contribution in [0.5, 0.6) is 0 Å². The van der Waals surface area contributed by atoms with Gasteiger partial charge in [-0.3, -0.25) is 9.59 Å². The van der Waals surface area contributed by atoms with Crippen molar-refractivity contribution in [2.45, 2.75) is 24.9 Å². The van der Waals surface area contributed by atoms with Gasteiger partial charge in [0.25, 0.3) is 5.91 Å². The molecule has 0 spiro atoms. The number of nitrogens with zero attached hydrogens (tertiary/aromatic N) is 2. The second kappa shape index (κ2) is 7.93. The number of hydrogen-bond acceptors (Lipinski definition) is 4. The van der Waals surface area contributed by atoms with Crippen LogP contribution in [0.2, 0.25) is 5.02 Å². The number of halogens is 2. The van der Waals surface area contributed by atoms with E-state index in [9.17, 15) is 14.0 Å². The normalized spacial score (nSPS) is 16.3. The number of amides is 2. The van der Waals surface area contributed by atoms with E-state index in [-0.39, 0.29) is 10.9 Å². The van der Waals surface area contributed by atoms with Gasteiger partial charge < -0.3 is 10.6 Å². The Kier molecular flexibility index (Phi) is 5.34. The van der Waals surface area contributed by atoms with E-state index in [0.717, 1.165) is 11.5 Å². The summed E-state index contributed by atoms with van der Waals surface area (Å²) in [4.78, 5) is 27.8.